The van der Waals surface area contributed by atoms with Crippen LogP contribution in [0.25, 0.3) is 0 Å². The summed E-state index contributed by atoms with van der Waals surface area (Å²) in [6, 6.07) is 1.82. The van der Waals surface area contributed by atoms with Crippen LogP contribution >= 0.6 is 0 Å². The Hall–Kier alpha value is -1.70. The van der Waals surface area contributed by atoms with Gasteiger partial charge in [0.2, 0.25) is 11.8 Å². The van der Waals surface area contributed by atoms with Crippen molar-refractivity contribution < 1.29 is 0 Å². The van der Waals surface area contributed by atoms with Gasteiger partial charge >= 0.3 is 0 Å². The van der Waals surface area contributed by atoms with E-state index in [-0.39, 0.29) is 11.8 Å². The van der Waals surface area contributed by atoms with Crippen LogP contribution in [0.1, 0.15) is 25.0 Å². The highest BCUT2D eigenvalue weighted by molar-refractivity contribution is 5.21. The van der Waals surface area contributed by atoms with Gasteiger partial charge in [0.1, 0.15) is 11.9 Å². The van der Waals surface area contributed by atoms with Gasteiger partial charge in [-0.05, 0) is 6.42 Å². The summed E-state index contributed by atoms with van der Waals surface area (Å²) in [6.45, 7) is 2.01. The fourth-order valence-electron chi connectivity index (χ4n) is 0.823. The first-order valence-electron chi connectivity index (χ1n) is 3.66. The van der Waals surface area contributed by atoms with Gasteiger partial charge < -0.3 is 5.73 Å². The minimum absolute atomic E-state index is 0.0888. The number of aromatic nitrogens is 3. The summed E-state index contributed by atoms with van der Waals surface area (Å²) >= 11 is 0. The predicted molar refractivity (Wildman–Crippen MR) is 42.9 cm³/mol. The van der Waals surface area contributed by atoms with E-state index in [9.17, 15) is 0 Å². The quantitative estimate of drug-likeness (QED) is 0.676. The van der Waals surface area contributed by atoms with Crippen LogP contribution in [0.3, 0.4) is 0 Å². The van der Waals surface area contributed by atoms with Crippen molar-refractivity contribution in [3.63, 3.8) is 0 Å². The SMILES string of the molecule is CCCc1nc(N)nc(C#N)n1. The first kappa shape index (κ1) is 8.40. The number of nitrogen functional groups attached to an aromatic ring is 1. The Balaban J connectivity index is 3.00. The molecule has 1 rings (SSSR count). The first-order valence-corrected chi connectivity index (χ1v) is 3.66. The van der Waals surface area contributed by atoms with Crippen LogP contribution in [-0.4, -0.2) is 15.0 Å². The number of aryl methyl sites for hydroxylation is 1. The van der Waals surface area contributed by atoms with Gasteiger partial charge in [0.15, 0.2) is 0 Å². The molecule has 0 amide bonds. The fraction of sp³-hybridized carbons (Fsp3) is 0.429. The highest BCUT2D eigenvalue weighted by Gasteiger charge is 2.01. The van der Waals surface area contributed by atoms with E-state index in [1.54, 1.807) is 0 Å². The maximum atomic E-state index is 8.50. The summed E-state index contributed by atoms with van der Waals surface area (Å²) in [5.74, 6) is 0.789. The summed E-state index contributed by atoms with van der Waals surface area (Å²) < 4.78 is 0. The lowest BCUT2D eigenvalue weighted by Crippen LogP contribution is -2.04. The van der Waals surface area contributed by atoms with Crippen LogP contribution in [0.4, 0.5) is 5.95 Å². The van der Waals surface area contributed by atoms with Gasteiger partial charge in [0, 0.05) is 6.42 Å². The topological polar surface area (TPSA) is 88.5 Å². The predicted octanol–water partition coefficient (Wildman–Crippen LogP) is 0.278. The van der Waals surface area contributed by atoms with Crippen LogP contribution in [0.2, 0.25) is 0 Å². The first-order chi connectivity index (χ1) is 5.76. The minimum Gasteiger partial charge on any atom is -0.368 e. The van der Waals surface area contributed by atoms with Crippen LogP contribution in [0.5, 0.6) is 0 Å². The fourth-order valence-corrected chi connectivity index (χ4v) is 0.823. The second kappa shape index (κ2) is 3.62. The Morgan fingerprint density at radius 1 is 1.42 bits per heavy atom. The van der Waals surface area contributed by atoms with Gasteiger partial charge in [-0.15, -0.1) is 0 Å². The lowest BCUT2D eigenvalue weighted by atomic mass is 10.3. The number of nitrogens with zero attached hydrogens (tertiary/aromatic N) is 4. The van der Waals surface area contributed by atoms with Crippen LogP contribution < -0.4 is 5.73 Å². The van der Waals surface area contributed by atoms with E-state index in [1.807, 2.05) is 13.0 Å². The van der Waals surface area contributed by atoms with Crippen molar-refractivity contribution in [3.05, 3.63) is 11.6 Å². The molecule has 0 aliphatic heterocycles. The summed E-state index contributed by atoms with van der Waals surface area (Å²) in [4.78, 5) is 11.4. The Morgan fingerprint density at radius 2 is 2.17 bits per heavy atom. The molecule has 0 saturated carbocycles. The van der Waals surface area contributed by atoms with Crippen molar-refractivity contribution in [2.75, 3.05) is 5.73 Å². The van der Waals surface area contributed by atoms with Gasteiger partial charge in [-0.3, -0.25) is 0 Å². The summed E-state index contributed by atoms with van der Waals surface area (Å²) in [7, 11) is 0. The Morgan fingerprint density at radius 3 is 2.75 bits per heavy atom. The summed E-state index contributed by atoms with van der Waals surface area (Å²) in [5, 5.41) is 8.50. The van der Waals surface area contributed by atoms with Gasteiger partial charge in [-0.2, -0.15) is 15.2 Å². The largest absolute Gasteiger partial charge is 0.368 e. The second-order valence-corrected chi connectivity index (χ2v) is 2.30. The molecule has 62 valence electrons. The molecule has 2 N–H and O–H groups in total. The normalized spacial score (nSPS) is 9.33. The summed E-state index contributed by atoms with van der Waals surface area (Å²) in [6.07, 6.45) is 1.65. The third-order valence-corrected chi connectivity index (χ3v) is 1.27. The molecule has 5 heteroatoms. The number of nitrogens with two attached hydrogens (primary N) is 1. The average Bonchev–Trinajstić information content (AvgIpc) is 2.04. The molecule has 1 aromatic rings. The number of anilines is 1. The van der Waals surface area contributed by atoms with Gasteiger partial charge in [0.25, 0.3) is 0 Å². The van der Waals surface area contributed by atoms with Crippen molar-refractivity contribution in [1.29, 1.82) is 5.26 Å². The Labute approximate surface area is 70.3 Å². The van der Waals surface area contributed by atoms with Gasteiger partial charge in [0.05, 0.1) is 0 Å². The van der Waals surface area contributed by atoms with Crippen LogP contribution in [-0.2, 0) is 6.42 Å². The number of rotatable bonds is 2. The molecule has 0 atom stereocenters. The second-order valence-electron chi connectivity index (χ2n) is 2.30. The van der Waals surface area contributed by atoms with Crippen molar-refractivity contribution >= 4 is 5.95 Å². The highest BCUT2D eigenvalue weighted by atomic mass is 15.1. The molecule has 0 unspecified atom stereocenters. The molecule has 12 heavy (non-hydrogen) atoms. The maximum Gasteiger partial charge on any atom is 0.237 e. The zero-order chi connectivity index (χ0) is 8.97. The lowest BCUT2D eigenvalue weighted by molar-refractivity contribution is 0.814. The van der Waals surface area contributed by atoms with E-state index < -0.39 is 0 Å². The Kier molecular flexibility index (Phi) is 2.53. The van der Waals surface area contributed by atoms with E-state index >= 15 is 0 Å². The van der Waals surface area contributed by atoms with E-state index in [4.69, 9.17) is 11.0 Å². The number of nitriles is 1. The molecule has 0 aromatic carbocycles. The van der Waals surface area contributed by atoms with E-state index in [0.717, 1.165) is 12.8 Å². The standard InChI is InChI=1S/C7H9N5/c1-2-3-5-10-6(4-8)12-7(9)11-5/h2-3H2,1H3,(H2,9,10,11,12). The van der Waals surface area contributed by atoms with Gasteiger partial charge in [-0.1, -0.05) is 6.92 Å². The van der Waals surface area contributed by atoms with Crippen molar-refractivity contribution in [1.82, 2.24) is 15.0 Å². The molecular weight excluding hydrogens is 154 g/mol. The summed E-state index contributed by atoms with van der Waals surface area (Å²) in [5.41, 5.74) is 5.35. The maximum absolute atomic E-state index is 8.50. The zero-order valence-corrected chi connectivity index (χ0v) is 6.78. The molecule has 0 aliphatic rings. The Bertz CT molecular complexity index is 314. The van der Waals surface area contributed by atoms with Crippen molar-refractivity contribution in [2.45, 2.75) is 19.8 Å². The molecule has 0 saturated heterocycles. The zero-order valence-electron chi connectivity index (χ0n) is 6.78. The molecule has 1 aromatic heterocycles. The molecular formula is C7H9N5. The number of hydrogen-bond donors (Lipinski definition) is 1. The number of hydrogen-bond acceptors (Lipinski definition) is 5. The molecule has 0 radical (unpaired) electrons. The average molecular weight is 163 g/mol. The highest BCUT2D eigenvalue weighted by Crippen LogP contribution is 1.98. The molecule has 5 nitrogen and oxygen atoms in total. The molecule has 0 spiro atoms. The third kappa shape index (κ3) is 1.89. The minimum atomic E-state index is 0.0888. The van der Waals surface area contributed by atoms with Crippen LogP contribution in [0.15, 0.2) is 0 Å². The van der Waals surface area contributed by atoms with Crippen molar-refractivity contribution in [3.8, 4) is 6.07 Å². The third-order valence-electron chi connectivity index (χ3n) is 1.27. The van der Waals surface area contributed by atoms with E-state index in [2.05, 4.69) is 15.0 Å². The van der Waals surface area contributed by atoms with E-state index in [1.165, 1.54) is 0 Å². The lowest BCUT2D eigenvalue weighted by Gasteiger charge is -1.97. The molecule has 0 fully saturated rings. The smallest absolute Gasteiger partial charge is 0.237 e. The monoisotopic (exact) mass is 163 g/mol. The molecule has 0 aliphatic carbocycles. The van der Waals surface area contributed by atoms with Gasteiger partial charge in [-0.25, -0.2) is 4.98 Å². The van der Waals surface area contributed by atoms with Crippen molar-refractivity contribution in [2.24, 2.45) is 0 Å². The van der Waals surface area contributed by atoms with Crippen LogP contribution in [0, 0.1) is 11.3 Å². The molecule has 1 heterocycles. The van der Waals surface area contributed by atoms with E-state index in [0.29, 0.717) is 5.82 Å². The molecule has 0 bridgehead atoms.